The van der Waals surface area contributed by atoms with Crippen molar-refractivity contribution < 1.29 is 28.2 Å². The van der Waals surface area contributed by atoms with Crippen LogP contribution in [0.5, 0.6) is 5.75 Å². The van der Waals surface area contributed by atoms with E-state index >= 15 is 0 Å². The number of carboxylic acids is 1. The highest BCUT2D eigenvalue weighted by atomic mass is 32.2. The molecule has 7 nitrogen and oxygen atoms in total. The van der Waals surface area contributed by atoms with Crippen LogP contribution in [0.1, 0.15) is 24.0 Å². The molecule has 3 rings (SSSR count). The predicted molar refractivity (Wildman–Crippen MR) is 131 cm³/mol. The first-order valence-electron chi connectivity index (χ1n) is 10.8. The van der Waals surface area contributed by atoms with Crippen molar-refractivity contribution in [1.29, 1.82) is 0 Å². The number of aliphatic hydroxyl groups excluding tert-OH is 1. The van der Waals surface area contributed by atoms with Crippen LogP contribution in [0.15, 0.2) is 89.8 Å². The lowest BCUT2D eigenvalue weighted by Gasteiger charge is -2.10. The van der Waals surface area contributed by atoms with Crippen molar-refractivity contribution in [2.45, 2.75) is 30.3 Å². The van der Waals surface area contributed by atoms with E-state index in [9.17, 15) is 18.3 Å². The number of aliphatic hydroxyl groups is 1. The molecule has 0 fully saturated rings. The zero-order valence-electron chi connectivity index (χ0n) is 18.5. The first-order chi connectivity index (χ1) is 16.3. The van der Waals surface area contributed by atoms with Crippen LogP contribution < -0.4 is 9.46 Å². The Morgan fingerprint density at radius 1 is 1.00 bits per heavy atom. The van der Waals surface area contributed by atoms with Crippen LogP contribution in [0.2, 0.25) is 0 Å². The van der Waals surface area contributed by atoms with Crippen LogP contribution in [0.4, 0.5) is 5.69 Å². The molecule has 8 heteroatoms. The van der Waals surface area contributed by atoms with Crippen molar-refractivity contribution in [1.82, 2.24) is 0 Å². The quantitative estimate of drug-likeness (QED) is 0.355. The van der Waals surface area contributed by atoms with Gasteiger partial charge in [0.1, 0.15) is 5.75 Å². The summed E-state index contributed by atoms with van der Waals surface area (Å²) in [6.45, 7) is 0.283. The van der Waals surface area contributed by atoms with E-state index in [2.05, 4.69) is 4.72 Å². The second-order valence-electron chi connectivity index (χ2n) is 7.65. The number of nitrogens with one attached hydrogen (secondary N) is 1. The molecule has 3 N–H and O–H groups in total. The molecule has 3 aromatic rings. The van der Waals surface area contributed by atoms with Crippen LogP contribution in [-0.2, 0) is 21.2 Å². The Labute approximate surface area is 199 Å². The highest BCUT2D eigenvalue weighted by Gasteiger charge is 2.13. The number of aliphatic carboxylic acids is 1. The van der Waals surface area contributed by atoms with E-state index in [1.165, 1.54) is 12.1 Å². The first kappa shape index (κ1) is 25.0. The Bertz CT molecular complexity index is 1220. The van der Waals surface area contributed by atoms with Crippen molar-refractivity contribution in [3.05, 3.63) is 96.1 Å². The summed E-state index contributed by atoms with van der Waals surface area (Å²) < 4.78 is 33.2. The number of hydrogen-bond acceptors (Lipinski definition) is 5. The fourth-order valence-electron chi connectivity index (χ4n) is 3.18. The van der Waals surface area contributed by atoms with Gasteiger partial charge in [0.2, 0.25) is 0 Å². The molecule has 1 atom stereocenters. The Morgan fingerprint density at radius 2 is 1.76 bits per heavy atom. The molecular formula is C26H27NO6S. The zero-order valence-corrected chi connectivity index (χ0v) is 19.3. The van der Waals surface area contributed by atoms with Gasteiger partial charge in [-0.25, -0.2) is 8.42 Å². The summed E-state index contributed by atoms with van der Waals surface area (Å²) in [5.41, 5.74) is 2.04. The average Bonchev–Trinajstić information content (AvgIpc) is 2.82. The molecule has 0 aromatic heterocycles. The number of anilines is 1. The SMILES string of the molecule is O=C(O)CCc1cccc(OCC[C@@H](O)/C=C/c2cccc(NS(=O)(=O)c3ccccc3)c2)c1. The van der Waals surface area contributed by atoms with E-state index in [0.29, 0.717) is 24.3 Å². The third-order valence-electron chi connectivity index (χ3n) is 4.91. The van der Waals surface area contributed by atoms with Gasteiger partial charge >= 0.3 is 5.97 Å². The lowest BCUT2D eigenvalue weighted by Crippen LogP contribution is -2.12. The second kappa shape index (κ2) is 12.0. The molecule has 0 spiro atoms. The van der Waals surface area contributed by atoms with Gasteiger partial charge in [0.25, 0.3) is 10.0 Å². The fraction of sp³-hybridized carbons (Fsp3) is 0.192. The molecule has 3 aromatic carbocycles. The monoisotopic (exact) mass is 481 g/mol. The predicted octanol–water partition coefficient (Wildman–Crippen LogP) is 4.35. The van der Waals surface area contributed by atoms with Crippen LogP contribution in [0, 0.1) is 0 Å². The number of hydrogen-bond donors (Lipinski definition) is 3. The minimum absolute atomic E-state index is 0.0574. The molecule has 0 saturated carbocycles. The van der Waals surface area contributed by atoms with E-state index in [0.717, 1.165) is 11.1 Å². The molecule has 0 radical (unpaired) electrons. The zero-order chi connectivity index (χ0) is 24.4. The topological polar surface area (TPSA) is 113 Å². The largest absolute Gasteiger partial charge is 0.493 e. The van der Waals surface area contributed by atoms with E-state index in [4.69, 9.17) is 9.84 Å². The number of carbonyl (C=O) groups is 1. The fourth-order valence-corrected chi connectivity index (χ4v) is 4.25. The van der Waals surface area contributed by atoms with Crippen LogP contribution in [0.3, 0.4) is 0 Å². The van der Waals surface area contributed by atoms with Crippen LogP contribution in [0.25, 0.3) is 6.08 Å². The Kier molecular flexibility index (Phi) is 8.84. The van der Waals surface area contributed by atoms with E-state index in [-0.39, 0.29) is 17.9 Å². The highest BCUT2D eigenvalue weighted by Crippen LogP contribution is 2.18. The maximum Gasteiger partial charge on any atom is 0.303 e. The van der Waals surface area contributed by atoms with Crippen molar-refractivity contribution in [2.24, 2.45) is 0 Å². The smallest absolute Gasteiger partial charge is 0.303 e. The van der Waals surface area contributed by atoms with Crippen molar-refractivity contribution >= 4 is 27.8 Å². The van der Waals surface area contributed by atoms with Crippen molar-refractivity contribution in [3.8, 4) is 5.75 Å². The minimum Gasteiger partial charge on any atom is -0.493 e. The third-order valence-corrected chi connectivity index (χ3v) is 6.31. The Hall–Kier alpha value is -3.62. The summed E-state index contributed by atoms with van der Waals surface area (Å²) in [5.74, 6) is -0.224. The van der Waals surface area contributed by atoms with E-state index in [1.54, 1.807) is 60.7 Å². The molecule has 0 heterocycles. The summed E-state index contributed by atoms with van der Waals surface area (Å²) in [7, 11) is -3.68. The van der Waals surface area contributed by atoms with Gasteiger partial charge in [-0.15, -0.1) is 0 Å². The number of carboxylic acid groups (broad SMARTS) is 1. The van der Waals surface area contributed by atoms with Gasteiger partial charge in [-0.2, -0.15) is 0 Å². The number of benzene rings is 3. The van der Waals surface area contributed by atoms with Gasteiger partial charge in [0.05, 0.1) is 17.6 Å². The molecule has 0 unspecified atom stereocenters. The number of sulfonamides is 1. The minimum atomic E-state index is -3.68. The molecule has 0 aliphatic rings. The molecule has 0 bridgehead atoms. The molecule has 178 valence electrons. The molecule has 0 amide bonds. The normalized spacial score (nSPS) is 12.4. The van der Waals surface area contributed by atoms with Crippen molar-refractivity contribution in [3.63, 3.8) is 0 Å². The number of ether oxygens (including phenoxy) is 1. The molecule has 0 aliphatic carbocycles. The van der Waals surface area contributed by atoms with Gasteiger partial charge in [-0.3, -0.25) is 9.52 Å². The molecule has 34 heavy (non-hydrogen) atoms. The molecule has 0 aliphatic heterocycles. The number of rotatable bonds is 12. The molecule has 0 saturated heterocycles. The van der Waals surface area contributed by atoms with Crippen molar-refractivity contribution in [2.75, 3.05) is 11.3 Å². The first-order valence-corrected chi connectivity index (χ1v) is 12.3. The van der Waals surface area contributed by atoms with Crippen LogP contribution >= 0.6 is 0 Å². The number of aryl methyl sites for hydroxylation is 1. The summed E-state index contributed by atoms with van der Waals surface area (Å²) in [6, 6.07) is 22.2. The van der Waals surface area contributed by atoms with Gasteiger partial charge < -0.3 is 14.9 Å². The lowest BCUT2D eigenvalue weighted by atomic mass is 10.1. The lowest BCUT2D eigenvalue weighted by molar-refractivity contribution is -0.136. The second-order valence-corrected chi connectivity index (χ2v) is 9.33. The standard InChI is InChI=1S/C26H27NO6S/c28-23(16-17-33-24-9-5-7-21(19-24)13-15-26(29)30)14-12-20-6-4-8-22(18-20)27-34(31,32)25-10-2-1-3-11-25/h1-12,14,18-19,23,27-28H,13,15-17H2,(H,29,30)/b14-12+/t23-/m0/s1. The summed E-state index contributed by atoms with van der Waals surface area (Å²) in [6.07, 6.45) is 3.44. The third kappa shape index (κ3) is 8.06. The Balaban J connectivity index is 1.51. The summed E-state index contributed by atoms with van der Waals surface area (Å²) in [5, 5.41) is 19.0. The van der Waals surface area contributed by atoms with Gasteiger partial charge in [0.15, 0.2) is 0 Å². The van der Waals surface area contributed by atoms with E-state index in [1.807, 2.05) is 18.2 Å². The Morgan fingerprint density at radius 3 is 2.53 bits per heavy atom. The van der Waals surface area contributed by atoms with Gasteiger partial charge in [-0.05, 0) is 53.9 Å². The molecular weight excluding hydrogens is 454 g/mol. The van der Waals surface area contributed by atoms with E-state index < -0.39 is 22.1 Å². The average molecular weight is 482 g/mol. The van der Waals surface area contributed by atoms with Gasteiger partial charge in [-0.1, -0.05) is 54.6 Å². The maximum atomic E-state index is 12.5. The maximum absolute atomic E-state index is 12.5. The highest BCUT2D eigenvalue weighted by molar-refractivity contribution is 7.92. The summed E-state index contributed by atoms with van der Waals surface area (Å²) >= 11 is 0. The van der Waals surface area contributed by atoms with Gasteiger partial charge in [0, 0.05) is 18.5 Å². The van der Waals surface area contributed by atoms with Crippen LogP contribution in [-0.4, -0.2) is 37.3 Å². The summed E-state index contributed by atoms with van der Waals surface area (Å²) in [4.78, 5) is 10.9.